The van der Waals surface area contributed by atoms with E-state index in [9.17, 15) is 9.90 Å². The van der Waals surface area contributed by atoms with Crippen LogP contribution in [0.4, 0.5) is 0 Å². The Kier molecular flexibility index (Phi) is 5.58. The lowest BCUT2D eigenvalue weighted by molar-refractivity contribution is 0.0272. The molecule has 130 valence electrons. The molecule has 2 aromatic rings. The number of rotatable bonds is 6. The molecule has 1 saturated carbocycles. The molecule has 2 N–H and O–H groups in total. The fraction of sp³-hybridized carbons (Fsp3) is 0.556. The molecular formula is C18H24N2O3S. The molecule has 0 saturated heterocycles. The lowest BCUT2D eigenvalue weighted by Crippen LogP contribution is -2.34. The minimum atomic E-state index is -0.659. The Balaban J connectivity index is 1.91. The van der Waals surface area contributed by atoms with Gasteiger partial charge < -0.3 is 10.2 Å². The van der Waals surface area contributed by atoms with Crippen LogP contribution in [0.3, 0.4) is 0 Å². The molecule has 5 nitrogen and oxygen atoms in total. The quantitative estimate of drug-likeness (QED) is 0.620. The molecule has 0 unspecified atom stereocenters. The number of aliphatic hydroxyl groups is 2. The van der Waals surface area contributed by atoms with Crippen molar-refractivity contribution in [3.8, 4) is 0 Å². The highest BCUT2D eigenvalue weighted by Gasteiger charge is 2.29. The average molecular weight is 348 g/mol. The van der Waals surface area contributed by atoms with Gasteiger partial charge in [0.2, 0.25) is 0 Å². The van der Waals surface area contributed by atoms with E-state index in [-0.39, 0.29) is 12.2 Å². The van der Waals surface area contributed by atoms with Gasteiger partial charge in [0.25, 0.3) is 5.56 Å². The monoisotopic (exact) mass is 348 g/mol. The molecule has 1 aliphatic carbocycles. The molecule has 0 radical (unpaired) electrons. The summed E-state index contributed by atoms with van der Waals surface area (Å²) in [5.41, 5.74) is -0.0539. The molecule has 24 heavy (non-hydrogen) atoms. The number of fused-ring (bicyclic) bond motifs is 1. The lowest BCUT2D eigenvalue weighted by atomic mass is 9.86. The van der Waals surface area contributed by atoms with E-state index < -0.39 is 5.60 Å². The first kappa shape index (κ1) is 17.5. The summed E-state index contributed by atoms with van der Waals surface area (Å²) in [4.78, 5) is 17.4. The van der Waals surface area contributed by atoms with Crippen molar-refractivity contribution in [2.45, 2.75) is 55.8 Å². The van der Waals surface area contributed by atoms with Crippen molar-refractivity contribution < 1.29 is 10.2 Å². The van der Waals surface area contributed by atoms with E-state index in [0.717, 1.165) is 25.7 Å². The van der Waals surface area contributed by atoms with Gasteiger partial charge in [0.05, 0.1) is 16.5 Å². The lowest BCUT2D eigenvalue weighted by Gasteiger charge is -2.31. The van der Waals surface area contributed by atoms with Gasteiger partial charge in [-0.1, -0.05) is 43.2 Å². The van der Waals surface area contributed by atoms with Crippen molar-refractivity contribution in [2.24, 2.45) is 0 Å². The maximum Gasteiger partial charge on any atom is 0.262 e. The molecule has 1 aliphatic rings. The highest BCUT2D eigenvalue weighted by atomic mass is 32.2. The third-order valence-electron chi connectivity index (χ3n) is 4.62. The van der Waals surface area contributed by atoms with Crippen LogP contribution in [0.1, 0.15) is 38.5 Å². The van der Waals surface area contributed by atoms with Crippen molar-refractivity contribution in [2.75, 3.05) is 12.4 Å². The van der Waals surface area contributed by atoms with E-state index >= 15 is 0 Å². The van der Waals surface area contributed by atoms with Crippen molar-refractivity contribution in [3.05, 3.63) is 34.6 Å². The van der Waals surface area contributed by atoms with E-state index in [1.807, 2.05) is 18.2 Å². The zero-order valence-electron chi connectivity index (χ0n) is 13.8. The molecule has 1 heterocycles. The van der Waals surface area contributed by atoms with Crippen LogP contribution >= 0.6 is 11.8 Å². The molecule has 0 amide bonds. The number of thioether (sulfide) groups is 1. The summed E-state index contributed by atoms with van der Waals surface area (Å²) in [5, 5.41) is 21.0. The number of nitrogens with zero attached hydrogens (tertiary/aromatic N) is 2. The average Bonchev–Trinajstić information content (AvgIpc) is 2.60. The predicted molar refractivity (Wildman–Crippen MR) is 96.5 cm³/mol. The summed E-state index contributed by atoms with van der Waals surface area (Å²) < 4.78 is 1.63. The van der Waals surface area contributed by atoms with Crippen molar-refractivity contribution in [1.82, 2.24) is 9.55 Å². The fourth-order valence-corrected chi connectivity index (χ4v) is 4.42. The van der Waals surface area contributed by atoms with Gasteiger partial charge in [0.15, 0.2) is 5.16 Å². The van der Waals surface area contributed by atoms with Crippen molar-refractivity contribution in [3.63, 3.8) is 0 Å². The smallest absolute Gasteiger partial charge is 0.262 e. The van der Waals surface area contributed by atoms with E-state index in [4.69, 9.17) is 5.11 Å². The summed E-state index contributed by atoms with van der Waals surface area (Å²) in [5.74, 6) is 0.552. The van der Waals surface area contributed by atoms with Crippen LogP contribution in [0.15, 0.2) is 34.2 Å². The molecule has 1 aromatic carbocycles. The highest BCUT2D eigenvalue weighted by molar-refractivity contribution is 7.99. The third kappa shape index (κ3) is 3.82. The highest BCUT2D eigenvalue weighted by Crippen LogP contribution is 2.33. The van der Waals surface area contributed by atoms with Crippen LogP contribution in [0.2, 0.25) is 0 Å². The molecular weight excluding hydrogens is 324 g/mol. The number of para-hydroxylation sites is 1. The van der Waals surface area contributed by atoms with Gasteiger partial charge >= 0.3 is 0 Å². The fourth-order valence-electron chi connectivity index (χ4n) is 3.24. The second kappa shape index (κ2) is 7.68. The first-order valence-corrected chi connectivity index (χ1v) is 9.57. The number of aliphatic hydroxyl groups excluding tert-OH is 1. The van der Waals surface area contributed by atoms with Crippen LogP contribution in [-0.4, -0.2) is 37.7 Å². The standard InChI is InChI=1S/C18H24N2O3S/c21-12-6-11-20-16(22)14-7-2-3-8-15(14)19-17(20)24-13-18(23)9-4-1-5-10-18/h2-3,7-8,21,23H,1,4-6,9-13H2. The van der Waals surface area contributed by atoms with Crippen LogP contribution in [0.5, 0.6) is 0 Å². The number of hydrogen-bond acceptors (Lipinski definition) is 5. The summed E-state index contributed by atoms with van der Waals surface area (Å²) >= 11 is 1.45. The van der Waals surface area contributed by atoms with Gasteiger partial charge in [-0.05, 0) is 31.4 Å². The maximum atomic E-state index is 12.8. The van der Waals surface area contributed by atoms with Gasteiger partial charge in [0.1, 0.15) is 0 Å². The maximum absolute atomic E-state index is 12.8. The number of benzene rings is 1. The zero-order chi connectivity index (χ0) is 17.0. The first-order chi connectivity index (χ1) is 11.6. The molecule has 0 bridgehead atoms. The summed E-state index contributed by atoms with van der Waals surface area (Å²) in [6.45, 7) is 0.473. The second-order valence-electron chi connectivity index (χ2n) is 6.52. The molecule has 0 aliphatic heterocycles. The Morgan fingerprint density at radius 1 is 1.21 bits per heavy atom. The normalized spacial score (nSPS) is 17.2. The summed E-state index contributed by atoms with van der Waals surface area (Å²) in [7, 11) is 0. The van der Waals surface area contributed by atoms with Gasteiger partial charge in [-0.25, -0.2) is 4.98 Å². The zero-order valence-corrected chi connectivity index (χ0v) is 14.6. The number of aromatic nitrogens is 2. The van der Waals surface area contributed by atoms with Gasteiger partial charge in [-0.2, -0.15) is 0 Å². The van der Waals surface area contributed by atoms with E-state index in [2.05, 4.69) is 4.98 Å². The van der Waals surface area contributed by atoms with Crippen LogP contribution in [0.25, 0.3) is 10.9 Å². The summed E-state index contributed by atoms with van der Waals surface area (Å²) in [6, 6.07) is 7.32. The van der Waals surface area contributed by atoms with Crippen molar-refractivity contribution >= 4 is 22.7 Å². The Bertz CT molecular complexity index is 754. The molecule has 0 atom stereocenters. The Morgan fingerprint density at radius 2 is 1.96 bits per heavy atom. The van der Waals surface area contributed by atoms with Crippen LogP contribution < -0.4 is 5.56 Å². The SMILES string of the molecule is O=c1c2ccccc2nc(SCC2(O)CCCCC2)n1CCCO. The minimum absolute atomic E-state index is 0.0350. The Labute approximate surface area is 145 Å². The van der Waals surface area contributed by atoms with Gasteiger partial charge in [-0.3, -0.25) is 9.36 Å². The van der Waals surface area contributed by atoms with Crippen LogP contribution in [-0.2, 0) is 6.54 Å². The molecule has 0 spiro atoms. The Morgan fingerprint density at radius 3 is 2.71 bits per heavy atom. The number of hydrogen-bond donors (Lipinski definition) is 2. The molecule has 1 fully saturated rings. The minimum Gasteiger partial charge on any atom is -0.396 e. The summed E-state index contributed by atoms with van der Waals surface area (Å²) in [6.07, 6.45) is 5.43. The van der Waals surface area contributed by atoms with E-state index in [1.54, 1.807) is 10.6 Å². The van der Waals surface area contributed by atoms with Crippen LogP contribution in [0, 0.1) is 0 Å². The Hall–Kier alpha value is -1.37. The largest absolute Gasteiger partial charge is 0.396 e. The van der Waals surface area contributed by atoms with E-state index in [0.29, 0.717) is 34.8 Å². The van der Waals surface area contributed by atoms with Crippen molar-refractivity contribution in [1.29, 1.82) is 0 Å². The second-order valence-corrected chi connectivity index (χ2v) is 7.46. The molecule has 6 heteroatoms. The van der Waals surface area contributed by atoms with Gasteiger partial charge in [0, 0.05) is 18.9 Å². The van der Waals surface area contributed by atoms with E-state index in [1.165, 1.54) is 18.2 Å². The molecule has 1 aromatic heterocycles. The van der Waals surface area contributed by atoms with Gasteiger partial charge in [-0.15, -0.1) is 0 Å². The first-order valence-electron chi connectivity index (χ1n) is 8.59. The predicted octanol–water partition coefficient (Wildman–Crippen LogP) is 2.57. The topological polar surface area (TPSA) is 75.3 Å². The third-order valence-corrected chi connectivity index (χ3v) is 5.87. The molecule has 3 rings (SSSR count).